The van der Waals surface area contributed by atoms with E-state index in [4.69, 9.17) is 10.3 Å². The van der Waals surface area contributed by atoms with Crippen molar-refractivity contribution in [1.29, 1.82) is 0 Å². The van der Waals surface area contributed by atoms with E-state index in [2.05, 4.69) is 25.7 Å². The Morgan fingerprint density at radius 2 is 2.25 bits per heavy atom. The van der Waals surface area contributed by atoms with E-state index in [0.717, 1.165) is 5.76 Å². The van der Waals surface area contributed by atoms with Gasteiger partial charge in [0.1, 0.15) is 11.8 Å². The molecule has 4 N–H and O–H groups in total. The highest BCUT2D eigenvalue weighted by molar-refractivity contribution is 5.65. The number of imidazole rings is 1. The van der Waals surface area contributed by atoms with Gasteiger partial charge in [-0.2, -0.15) is 0 Å². The highest BCUT2D eigenvalue weighted by atomic mass is 16.4. The van der Waals surface area contributed by atoms with Crippen molar-refractivity contribution in [3.05, 3.63) is 36.4 Å². The van der Waals surface area contributed by atoms with Crippen molar-refractivity contribution in [2.45, 2.75) is 19.9 Å². The molecule has 104 valence electrons. The number of nitrogens with zero attached hydrogens (tertiary/aromatic N) is 4. The number of nitrogen functional groups attached to an aromatic ring is 1. The minimum atomic E-state index is -0.135. The van der Waals surface area contributed by atoms with Crippen LogP contribution < -0.4 is 16.6 Å². The average molecular weight is 273 g/mol. The van der Waals surface area contributed by atoms with Gasteiger partial charge in [-0.05, 0) is 13.8 Å². The Bertz CT molecular complexity index is 732. The number of hydrazine groups is 1. The SMILES string of the molecule is Cc1cnc(C(C)Nc2nc(NN)cn3ccnc23)o1. The van der Waals surface area contributed by atoms with Crippen LogP contribution in [0.25, 0.3) is 5.65 Å². The molecule has 0 saturated heterocycles. The van der Waals surface area contributed by atoms with E-state index in [1.165, 1.54) is 0 Å². The molecule has 0 aliphatic carbocycles. The first-order chi connectivity index (χ1) is 9.67. The lowest BCUT2D eigenvalue weighted by Gasteiger charge is -2.13. The predicted octanol–water partition coefficient (Wildman–Crippen LogP) is 1.48. The lowest BCUT2D eigenvalue weighted by Crippen LogP contribution is -2.14. The van der Waals surface area contributed by atoms with E-state index < -0.39 is 0 Å². The molecule has 0 aliphatic rings. The van der Waals surface area contributed by atoms with Gasteiger partial charge in [-0.3, -0.25) is 0 Å². The molecule has 20 heavy (non-hydrogen) atoms. The third kappa shape index (κ3) is 2.16. The van der Waals surface area contributed by atoms with Crippen molar-refractivity contribution in [3.8, 4) is 0 Å². The second kappa shape index (κ2) is 4.82. The Morgan fingerprint density at radius 1 is 1.40 bits per heavy atom. The highest BCUT2D eigenvalue weighted by Crippen LogP contribution is 2.22. The van der Waals surface area contributed by atoms with Gasteiger partial charge in [-0.1, -0.05) is 0 Å². The number of nitrogens with one attached hydrogen (secondary N) is 2. The van der Waals surface area contributed by atoms with Crippen molar-refractivity contribution in [3.63, 3.8) is 0 Å². The molecule has 0 amide bonds. The van der Waals surface area contributed by atoms with Gasteiger partial charge in [-0.25, -0.2) is 20.8 Å². The van der Waals surface area contributed by atoms with Gasteiger partial charge in [0.2, 0.25) is 5.89 Å². The smallest absolute Gasteiger partial charge is 0.216 e. The van der Waals surface area contributed by atoms with E-state index in [9.17, 15) is 0 Å². The molecule has 0 saturated carbocycles. The quantitative estimate of drug-likeness (QED) is 0.488. The number of aromatic nitrogens is 4. The summed E-state index contributed by atoms with van der Waals surface area (Å²) in [6, 6.07) is -0.135. The largest absolute Gasteiger partial charge is 0.444 e. The van der Waals surface area contributed by atoms with E-state index in [1.54, 1.807) is 18.6 Å². The summed E-state index contributed by atoms with van der Waals surface area (Å²) in [5.41, 5.74) is 3.24. The second-order valence-corrected chi connectivity index (χ2v) is 4.45. The Hall–Kier alpha value is -2.61. The van der Waals surface area contributed by atoms with Crippen LogP contribution in [0.5, 0.6) is 0 Å². The van der Waals surface area contributed by atoms with E-state index >= 15 is 0 Å². The van der Waals surface area contributed by atoms with Crippen LogP contribution >= 0.6 is 0 Å². The molecule has 1 unspecified atom stereocenters. The molecule has 8 heteroatoms. The molecule has 3 rings (SSSR count). The van der Waals surface area contributed by atoms with Gasteiger partial charge in [-0.15, -0.1) is 0 Å². The third-order valence-corrected chi connectivity index (χ3v) is 2.88. The average Bonchev–Trinajstić information content (AvgIpc) is 3.06. The minimum absolute atomic E-state index is 0.135. The number of hydrogen-bond donors (Lipinski definition) is 3. The topological polar surface area (TPSA) is 106 Å². The van der Waals surface area contributed by atoms with Gasteiger partial charge >= 0.3 is 0 Å². The van der Waals surface area contributed by atoms with Crippen molar-refractivity contribution in [2.24, 2.45) is 5.84 Å². The maximum atomic E-state index is 5.50. The van der Waals surface area contributed by atoms with Crippen LogP contribution in [0.4, 0.5) is 11.6 Å². The van der Waals surface area contributed by atoms with Gasteiger partial charge < -0.3 is 19.6 Å². The lowest BCUT2D eigenvalue weighted by atomic mass is 10.3. The Balaban J connectivity index is 1.95. The summed E-state index contributed by atoms with van der Waals surface area (Å²) in [6.45, 7) is 3.79. The monoisotopic (exact) mass is 273 g/mol. The fourth-order valence-corrected chi connectivity index (χ4v) is 1.94. The molecule has 3 aromatic rings. The summed E-state index contributed by atoms with van der Waals surface area (Å²) in [6.07, 6.45) is 6.96. The first kappa shape index (κ1) is 12.4. The molecule has 1 atom stereocenters. The number of fused-ring (bicyclic) bond motifs is 1. The Labute approximate surface area is 115 Å². The summed E-state index contributed by atoms with van der Waals surface area (Å²) in [5.74, 6) is 7.93. The summed E-state index contributed by atoms with van der Waals surface area (Å²) < 4.78 is 7.33. The summed E-state index contributed by atoms with van der Waals surface area (Å²) in [7, 11) is 0. The van der Waals surface area contributed by atoms with Crippen molar-refractivity contribution >= 4 is 17.3 Å². The third-order valence-electron chi connectivity index (χ3n) is 2.88. The van der Waals surface area contributed by atoms with Crippen LogP contribution in [0.1, 0.15) is 24.6 Å². The van der Waals surface area contributed by atoms with Gasteiger partial charge in [0, 0.05) is 12.4 Å². The maximum absolute atomic E-state index is 5.50. The van der Waals surface area contributed by atoms with E-state index in [0.29, 0.717) is 23.2 Å². The zero-order chi connectivity index (χ0) is 14.1. The minimum Gasteiger partial charge on any atom is -0.444 e. The molecule has 0 aliphatic heterocycles. The summed E-state index contributed by atoms with van der Waals surface area (Å²) >= 11 is 0. The standard InChI is InChI=1S/C12H15N7O/c1-7-5-15-12(20-7)8(2)16-10-11-14-3-4-19(11)6-9(17-10)18-13/h3-6,8,18H,13H2,1-2H3,(H,16,17). The highest BCUT2D eigenvalue weighted by Gasteiger charge is 2.15. The zero-order valence-corrected chi connectivity index (χ0v) is 11.2. The van der Waals surface area contributed by atoms with Crippen LogP contribution in [-0.4, -0.2) is 19.4 Å². The molecule has 0 bridgehead atoms. The number of hydrogen-bond acceptors (Lipinski definition) is 7. The first-order valence-electron chi connectivity index (χ1n) is 6.16. The fourth-order valence-electron chi connectivity index (χ4n) is 1.94. The van der Waals surface area contributed by atoms with Crippen LogP contribution in [-0.2, 0) is 0 Å². The molecule has 3 heterocycles. The van der Waals surface area contributed by atoms with Crippen molar-refractivity contribution < 1.29 is 4.42 Å². The van der Waals surface area contributed by atoms with Crippen LogP contribution in [0.2, 0.25) is 0 Å². The summed E-state index contributed by atoms with van der Waals surface area (Å²) in [5, 5.41) is 3.23. The molecule has 0 aromatic carbocycles. The van der Waals surface area contributed by atoms with E-state index in [-0.39, 0.29) is 6.04 Å². The van der Waals surface area contributed by atoms with Crippen molar-refractivity contribution in [1.82, 2.24) is 19.4 Å². The van der Waals surface area contributed by atoms with Gasteiger partial charge in [0.15, 0.2) is 17.3 Å². The second-order valence-electron chi connectivity index (χ2n) is 4.45. The molecular weight excluding hydrogens is 258 g/mol. The number of anilines is 2. The van der Waals surface area contributed by atoms with Crippen LogP contribution in [0.15, 0.2) is 29.2 Å². The predicted molar refractivity (Wildman–Crippen MR) is 74.1 cm³/mol. The number of nitrogens with two attached hydrogens (primary N) is 1. The zero-order valence-electron chi connectivity index (χ0n) is 11.2. The fraction of sp³-hybridized carbons (Fsp3) is 0.250. The number of rotatable bonds is 4. The molecule has 0 radical (unpaired) electrons. The molecular formula is C12H15N7O. The Morgan fingerprint density at radius 3 is 2.95 bits per heavy atom. The molecule has 0 spiro atoms. The maximum Gasteiger partial charge on any atom is 0.216 e. The first-order valence-corrected chi connectivity index (χ1v) is 6.16. The summed E-state index contributed by atoms with van der Waals surface area (Å²) in [4.78, 5) is 12.8. The number of aryl methyl sites for hydroxylation is 1. The van der Waals surface area contributed by atoms with Crippen molar-refractivity contribution in [2.75, 3.05) is 10.7 Å². The van der Waals surface area contributed by atoms with Crippen LogP contribution in [0, 0.1) is 6.92 Å². The Kier molecular flexibility index (Phi) is 2.99. The normalized spacial score (nSPS) is 12.6. The number of oxazole rings is 1. The van der Waals surface area contributed by atoms with E-state index in [1.807, 2.05) is 24.4 Å². The van der Waals surface area contributed by atoms with Crippen LogP contribution in [0.3, 0.4) is 0 Å². The van der Waals surface area contributed by atoms with Gasteiger partial charge in [0.25, 0.3) is 0 Å². The molecule has 8 nitrogen and oxygen atoms in total. The van der Waals surface area contributed by atoms with Gasteiger partial charge in [0.05, 0.1) is 12.4 Å². The lowest BCUT2D eigenvalue weighted by molar-refractivity contribution is 0.453. The molecule has 3 aromatic heterocycles. The molecule has 0 fully saturated rings.